The fraction of sp³-hybridized carbons (Fsp3) is 0.417. The molecule has 3 heterocycles. The predicted molar refractivity (Wildman–Crippen MR) is 125 cm³/mol. The predicted octanol–water partition coefficient (Wildman–Crippen LogP) is 3.03. The van der Waals surface area contributed by atoms with Gasteiger partial charge in [0.1, 0.15) is 11.1 Å². The summed E-state index contributed by atoms with van der Waals surface area (Å²) in [7, 11) is 1.86. The van der Waals surface area contributed by atoms with Crippen molar-refractivity contribution in [2.24, 2.45) is 7.05 Å². The summed E-state index contributed by atoms with van der Waals surface area (Å²) < 4.78 is 8.61. The monoisotopic (exact) mass is 451 g/mol. The van der Waals surface area contributed by atoms with E-state index < -0.39 is 11.7 Å². The number of aryl methyl sites for hydroxylation is 1. The Morgan fingerprint density at radius 3 is 2.70 bits per heavy atom. The molecule has 0 saturated carbocycles. The lowest BCUT2D eigenvalue weighted by Crippen LogP contribution is -2.34. The average Bonchev–Trinajstić information content (AvgIpc) is 3.01. The van der Waals surface area contributed by atoms with Gasteiger partial charge in [-0.25, -0.2) is 9.48 Å². The first-order valence-electron chi connectivity index (χ1n) is 10.9. The number of rotatable bonds is 3. The Morgan fingerprint density at radius 1 is 1.24 bits per heavy atom. The molecule has 9 heteroatoms. The highest BCUT2D eigenvalue weighted by Crippen LogP contribution is 2.28. The summed E-state index contributed by atoms with van der Waals surface area (Å²) in [5.41, 5.74) is 3.27. The molecule has 4 rings (SSSR count). The zero-order chi connectivity index (χ0) is 23.9. The molecule has 1 aromatic carbocycles. The second-order valence-corrected chi connectivity index (χ2v) is 9.37. The first kappa shape index (κ1) is 22.6. The summed E-state index contributed by atoms with van der Waals surface area (Å²) in [6.45, 7) is 8.36. The van der Waals surface area contributed by atoms with E-state index in [1.165, 1.54) is 4.68 Å². The number of nitrogens with zero attached hydrogens (tertiary/aromatic N) is 4. The second kappa shape index (κ2) is 8.38. The van der Waals surface area contributed by atoms with Crippen LogP contribution < -0.4 is 10.9 Å². The Bertz CT molecular complexity index is 1300. The molecule has 174 valence electrons. The smallest absolute Gasteiger partial charge is 0.412 e. The van der Waals surface area contributed by atoms with E-state index in [1.807, 2.05) is 23.7 Å². The summed E-state index contributed by atoms with van der Waals surface area (Å²) in [5.74, 6) is 0.0290. The van der Waals surface area contributed by atoms with E-state index in [-0.39, 0.29) is 18.0 Å². The van der Waals surface area contributed by atoms with Gasteiger partial charge in [-0.1, -0.05) is 12.1 Å². The quantitative estimate of drug-likeness (QED) is 0.660. The first-order chi connectivity index (χ1) is 15.5. The van der Waals surface area contributed by atoms with Crippen LogP contribution in [-0.4, -0.2) is 43.4 Å². The van der Waals surface area contributed by atoms with Gasteiger partial charge in [0.2, 0.25) is 5.91 Å². The van der Waals surface area contributed by atoms with Crippen molar-refractivity contribution >= 4 is 28.6 Å². The van der Waals surface area contributed by atoms with Crippen molar-refractivity contribution in [3.8, 4) is 0 Å². The third-order valence-corrected chi connectivity index (χ3v) is 5.75. The minimum Gasteiger partial charge on any atom is -0.444 e. The lowest BCUT2D eigenvalue weighted by atomic mass is 10.0. The Morgan fingerprint density at radius 2 is 2.00 bits per heavy atom. The number of ether oxygens (including phenoxy) is 1. The van der Waals surface area contributed by atoms with Gasteiger partial charge in [0.25, 0.3) is 5.56 Å². The maximum absolute atomic E-state index is 13.3. The SMILES string of the molecule is CC(=O)N1CCc2c(n(C)c3c(=O)n(Cc4cccc(NC(=O)OC(C)(C)C)c4)ncc23)C1. The number of benzene rings is 1. The molecular formula is C24H29N5O4. The molecule has 0 bridgehead atoms. The first-order valence-corrected chi connectivity index (χ1v) is 10.9. The van der Waals surface area contributed by atoms with E-state index in [4.69, 9.17) is 4.74 Å². The lowest BCUT2D eigenvalue weighted by molar-refractivity contribution is -0.129. The van der Waals surface area contributed by atoms with Crippen molar-refractivity contribution in [3.05, 3.63) is 57.6 Å². The topological polar surface area (TPSA) is 98.5 Å². The number of fused-ring (bicyclic) bond motifs is 3. The van der Waals surface area contributed by atoms with E-state index in [9.17, 15) is 14.4 Å². The van der Waals surface area contributed by atoms with Gasteiger partial charge in [-0.15, -0.1) is 0 Å². The van der Waals surface area contributed by atoms with Crippen molar-refractivity contribution in [1.82, 2.24) is 19.2 Å². The third kappa shape index (κ3) is 4.62. The molecule has 1 aliphatic heterocycles. The molecule has 2 amide bonds. The van der Waals surface area contributed by atoms with Crippen LogP contribution in [0.1, 0.15) is 44.5 Å². The zero-order valence-corrected chi connectivity index (χ0v) is 19.6. The molecule has 0 atom stereocenters. The van der Waals surface area contributed by atoms with Gasteiger partial charge in [-0.05, 0) is 50.5 Å². The van der Waals surface area contributed by atoms with Crippen molar-refractivity contribution in [2.75, 3.05) is 11.9 Å². The van der Waals surface area contributed by atoms with Gasteiger partial charge in [-0.2, -0.15) is 5.10 Å². The molecule has 0 saturated heterocycles. The van der Waals surface area contributed by atoms with Gasteiger partial charge in [-0.3, -0.25) is 14.9 Å². The largest absolute Gasteiger partial charge is 0.444 e. The van der Waals surface area contributed by atoms with Crippen LogP contribution in [0.3, 0.4) is 0 Å². The van der Waals surface area contributed by atoms with Crippen molar-refractivity contribution in [3.63, 3.8) is 0 Å². The summed E-state index contributed by atoms with van der Waals surface area (Å²) in [6.07, 6.45) is 1.91. The van der Waals surface area contributed by atoms with Crippen LogP contribution in [0.5, 0.6) is 0 Å². The molecule has 33 heavy (non-hydrogen) atoms. The van der Waals surface area contributed by atoms with E-state index in [0.717, 1.165) is 22.2 Å². The minimum absolute atomic E-state index is 0.0290. The molecular weight excluding hydrogens is 422 g/mol. The van der Waals surface area contributed by atoms with E-state index >= 15 is 0 Å². The second-order valence-electron chi connectivity index (χ2n) is 9.37. The number of hydrogen-bond acceptors (Lipinski definition) is 5. The van der Waals surface area contributed by atoms with Gasteiger partial charge in [0, 0.05) is 37.3 Å². The Hall–Kier alpha value is -3.62. The highest BCUT2D eigenvalue weighted by Gasteiger charge is 2.26. The number of aromatic nitrogens is 3. The third-order valence-electron chi connectivity index (χ3n) is 5.75. The summed E-state index contributed by atoms with van der Waals surface area (Å²) in [6, 6.07) is 7.24. The number of carbonyl (C=O) groups excluding carboxylic acids is 2. The normalized spacial score (nSPS) is 13.7. The Kier molecular flexibility index (Phi) is 5.73. The number of carbonyl (C=O) groups is 2. The molecule has 1 aliphatic rings. The molecule has 0 fully saturated rings. The summed E-state index contributed by atoms with van der Waals surface area (Å²) in [5, 5.41) is 7.98. The van der Waals surface area contributed by atoms with Crippen LogP contribution in [-0.2, 0) is 36.1 Å². The Labute approximate surface area is 191 Å². The minimum atomic E-state index is -0.593. The van der Waals surface area contributed by atoms with E-state index in [0.29, 0.717) is 30.7 Å². The van der Waals surface area contributed by atoms with Gasteiger partial charge < -0.3 is 14.2 Å². The lowest BCUT2D eigenvalue weighted by Gasteiger charge is -2.26. The van der Waals surface area contributed by atoms with Crippen LogP contribution in [0.15, 0.2) is 35.3 Å². The van der Waals surface area contributed by atoms with Gasteiger partial charge in [0.05, 0.1) is 19.3 Å². The molecule has 0 unspecified atom stereocenters. The number of hydrogen-bond donors (Lipinski definition) is 1. The Balaban J connectivity index is 1.61. The van der Waals surface area contributed by atoms with E-state index in [2.05, 4.69) is 10.4 Å². The fourth-order valence-electron chi connectivity index (χ4n) is 4.23. The number of nitrogens with one attached hydrogen (secondary N) is 1. The maximum Gasteiger partial charge on any atom is 0.412 e. The molecule has 0 aliphatic carbocycles. The maximum atomic E-state index is 13.3. The van der Waals surface area contributed by atoms with Crippen molar-refractivity contribution in [1.29, 1.82) is 0 Å². The molecule has 1 N–H and O–H groups in total. The molecule has 9 nitrogen and oxygen atoms in total. The van der Waals surface area contributed by atoms with Crippen LogP contribution >= 0.6 is 0 Å². The molecule has 2 aromatic heterocycles. The molecule has 3 aromatic rings. The zero-order valence-electron chi connectivity index (χ0n) is 19.6. The molecule has 0 spiro atoms. The van der Waals surface area contributed by atoms with Crippen LogP contribution in [0.2, 0.25) is 0 Å². The highest BCUT2D eigenvalue weighted by atomic mass is 16.6. The fourth-order valence-corrected chi connectivity index (χ4v) is 4.23. The van der Waals surface area contributed by atoms with Crippen LogP contribution in [0.4, 0.5) is 10.5 Å². The van der Waals surface area contributed by atoms with E-state index in [1.54, 1.807) is 50.9 Å². The highest BCUT2D eigenvalue weighted by molar-refractivity contribution is 5.85. The number of anilines is 1. The van der Waals surface area contributed by atoms with Crippen molar-refractivity contribution in [2.45, 2.75) is 52.8 Å². The van der Waals surface area contributed by atoms with Gasteiger partial charge in [0.15, 0.2) is 0 Å². The average molecular weight is 452 g/mol. The van der Waals surface area contributed by atoms with Crippen LogP contribution in [0.25, 0.3) is 10.9 Å². The molecule has 0 radical (unpaired) electrons. The van der Waals surface area contributed by atoms with Crippen LogP contribution in [0, 0.1) is 0 Å². The number of amides is 2. The van der Waals surface area contributed by atoms with Gasteiger partial charge >= 0.3 is 6.09 Å². The van der Waals surface area contributed by atoms with Crippen molar-refractivity contribution < 1.29 is 14.3 Å². The summed E-state index contributed by atoms with van der Waals surface area (Å²) in [4.78, 5) is 39.0. The summed E-state index contributed by atoms with van der Waals surface area (Å²) >= 11 is 0. The standard InChI is InChI=1S/C24H29N5O4/c1-15(30)28-10-9-18-19-12-25-29(22(31)21(19)27(5)20(18)14-28)13-16-7-6-8-17(11-16)26-23(32)33-24(2,3)4/h6-8,11-12H,9-10,13-14H2,1-5H3,(H,26,32).